The maximum atomic E-state index is 9.12. The fraction of sp³-hybridized carbons (Fsp3) is 1.00. The van der Waals surface area contributed by atoms with Gasteiger partial charge in [-0.1, -0.05) is 13.3 Å². The zero-order valence-electron chi connectivity index (χ0n) is 5.62. The van der Waals surface area contributed by atoms with Gasteiger partial charge in [0.2, 0.25) is 0 Å². The van der Waals surface area contributed by atoms with Crippen molar-refractivity contribution in [2.75, 3.05) is 0 Å². The molecular weight excluding hydrogens is 152 g/mol. The highest BCUT2D eigenvalue weighted by Crippen LogP contribution is 2.11. The molecule has 0 aliphatic carbocycles. The molecule has 0 heterocycles. The van der Waals surface area contributed by atoms with Crippen LogP contribution in [-0.4, -0.2) is 15.8 Å². The van der Waals surface area contributed by atoms with Crippen molar-refractivity contribution in [1.29, 1.82) is 0 Å². The topological polar surface area (TPSA) is 20.2 Å². The van der Waals surface area contributed by atoms with Crippen LogP contribution in [0.5, 0.6) is 0 Å². The van der Waals surface area contributed by atoms with Gasteiger partial charge in [0.05, 0.1) is 6.10 Å². The molecule has 1 atom stereocenters. The molecule has 0 fully saturated rings. The summed E-state index contributed by atoms with van der Waals surface area (Å²) in [6.45, 7) is 2.05. The van der Waals surface area contributed by atoms with Crippen LogP contribution in [0.1, 0.15) is 26.2 Å². The van der Waals surface area contributed by atoms with E-state index in [0.717, 1.165) is 12.8 Å². The number of hydrogen-bond acceptors (Lipinski definition) is 3. The third kappa shape index (κ3) is 6.55. The van der Waals surface area contributed by atoms with Crippen LogP contribution in [0.4, 0.5) is 0 Å². The Morgan fingerprint density at radius 1 is 1.44 bits per heavy atom. The van der Waals surface area contributed by atoms with Gasteiger partial charge in [-0.15, -0.1) is 0 Å². The Labute approximate surface area is 67.7 Å². The molecule has 9 heavy (non-hydrogen) atoms. The summed E-state index contributed by atoms with van der Waals surface area (Å²) in [6, 6.07) is 0. The molecule has 0 rings (SSSR count). The van der Waals surface area contributed by atoms with E-state index in [4.69, 9.17) is 5.11 Å². The van der Waals surface area contributed by atoms with Gasteiger partial charge in [-0.2, -0.15) is 25.3 Å². The molecule has 0 bridgehead atoms. The molecule has 1 unspecified atom stereocenters. The number of rotatable bonds is 4. The standard InChI is InChI=1S/C6H14OS2/c1-2-3-5(7)4-6(8)9/h5-9H,2-4H2,1H3. The van der Waals surface area contributed by atoms with Crippen LogP contribution in [-0.2, 0) is 0 Å². The van der Waals surface area contributed by atoms with Crippen molar-refractivity contribution < 1.29 is 5.11 Å². The molecular formula is C6H14OS2. The van der Waals surface area contributed by atoms with Crippen LogP contribution in [0.2, 0.25) is 0 Å². The third-order valence-corrected chi connectivity index (χ3v) is 1.53. The Morgan fingerprint density at radius 2 is 2.00 bits per heavy atom. The van der Waals surface area contributed by atoms with E-state index < -0.39 is 0 Å². The summed E-state index contributed by atoms with van der Waals surface area (Å²) in [5.41, 5.74) is 0. The van der Waals surface area contributed by atoms with Gasteiger partial charge in [0, 0.05) is 4.58 Å². The second-order valence-corrected chi connectivity index (χ2v) is 3.81. The first-order chi connectivity index (χ1) is 4.16. The zero-order valence-corrected chi connectivity index (χ0v) is 7.41. The minimum atomic E-state index is -0.213. The molecule has 0 radical (unpaired) electrons. The molecule has 56 valence electrons. The predicted octanol–water partition coefficient (Wildman–Crippen LogP) is 1.72. The molecule has 0 amide bonds. The molecule has 0 spiro atoms. The summed E-state index contributed by atoms with van der Waals surface area (Å²) >= 11 is 8.07. The fourth-order valence-corrected chi connectivity index (χ4v) is 1.18. The lowest BCUT2D eigenvalue weighted by molar-refractivity contribution is 0.159. The Kier molecular flexibility index (Phi) is 5.84. The Hall–Kier alpha value is 0.660. The summed E-state index contributed by atoms with van der Waals surface area (Å²) in [5.74, 6) is 0. The summed E-state index contributed by atoms with van der Waals surface area (Å²) < 4.78 is 0.0200. The van der Waals surface area contributed by atoms with Crippen molar-refractivity contribution in [3.05, 3.63) is 0 Å². The van der Waals surface area contributed by atoms with Crippen LogP contribution in [0.15, 0.2) is 0 Å². The molecule has 0 aromatic heterocycles. The first kappa shape index (κ1) is 9.66. The maximum Gasteiger partial charge on any atom is 0.0558 e. The summed E-state index contributed by atoms with van der Waals surface area (Å²) in [5, 5.41) is 9.12. The lowest BCUT2D eigenvalue weighted by Gasteiger charge is -2.09. The van der Waals surface area contributed by atoms with Crippen molar-refractivity contribution >= 4 is 25.3 Å². The Bertz CT molecular complexity index is 66.1. The summed E-state index contributed by atoms with van der Waals surface area (Å²) in [4.78, 5) is 0. The largest absolute Gasteiger partial charge is 0.393 e. The summed E-state index contributed by atoms with van der Waals surface area (Å²) in [6.07, 6.45) is 2.35. The normalized spacial score (nSPS) is 14.3. The molecule has 0 saturated carbocycles. The second-order valence-electron chi connectivity index (χ2n) is 2.16. The fourth-order valence-electron chi connectivity index (χ4n) is 0.694. The number of aliphatic hydroxyl groups excluding tert-OH is 1. The van der Waals surface area contributed by atoms with Gasteiger partial charge >= 0.3 is 0 Å². The van der Waals surface area contributed by atoms with E-state index in [0.29, 0.717) is 6.42 Å². The number of thiol groups is 2. The minimum absolute atomic E-state index is 0.0200. The van der Waals surface area contributed by atoms with Crippen LogP contribution in [0.25, 0.3) is 0 Å². The maximum absolute atomic E-state index is 9.12. The molecule has 0 saturated heterocycles. The van der Waals surface area contributed by atoms with Gasteiger partial charge in [0.15, 0.2) is 0 Å². The van der Waals surface area contributed by atoms with Crippen LogP contribution in [0.3, 0.4) is 0 Å². The monoisotopic (exact) mass is 166 g/mol. The van der Waals surface area contributed by atoms with E-state index in [9.17, 15) is 0 Å². The first-order valence-corrected chi connectivity index (χ1v) is 4.24. The van der Waals surface area contributed by atoms with E-state index in [1.807, 2.05) is 0 Å². The van der Waals surface area contributed by atoms with Gasteiger partial charge in [-0.3, -0.25) is 0 Å². The highest BCUT2D eigenvalue weighted by Gasteiger charge is 2.05. The average molecular weight is 166 g/mol. The molecule has 0 aromatic carbocycles. The van der Waals surface area contributed by atoms with Crippen molar-refractivity contribution in [2.45, 2.75) is 36.9 Å². The second kappa shape index (κ2) is 5.45. The predicted molar refractivity (Wildman–Crippen MR) is 47.3 cm³/mol. The molecule has 0 aliphatic rings. The van der Waals surface area contributed by atoms with Gasteiger partial charge in [-0.05, 0) is 12.8 Å². The molecule has 0 aromatic rings. The van der Waals surface area contributed by atoms with Gasteiger partial charge in [-0.25, -0.2) is 0 Å². The average Bonchev–Trinajstić information content (AvgIpc) is 1.63. The van der Waals surface area contributed by atoms with E-state index in [2.05, 4.69) is 32.2 Å². The SMILES string of the molecule is CCCC(O)CC(S)S. The van der Waals surface area contributed by atoms with Gasteiger partial charge in [0.25, 0.3) is 0 Å². The smallest absolute Gasteiger partial charge is 0.0558 e. The quantitative estimate of drug-likeness (QED) is 0.429. The summed E-state index contributed by atoms with van der Waals surface area (Å²) in [7, 11) is 0. The Balaban J connectivity index is 3.15. The van der Waals surface area contributed by atoms with Crippen LogP contribution < -0.4 is 0 Å². The lowest BCUT2D eigenvalue weighted by atomic mass is 10.2. The Morgan fingerprint density at radius 3 is 2.33 bits per heavy atom. The van der Waals surface area contributed by atoms with E-state index in [1.165, 1.54) is 0 Å². The van der Waals surface area contributed by atoms with Crippen molar-refractivity contribution in [3.63, 3.8) is 0 Å². The van der Waals surface area contributed by atoms with Crippen molar-refractivity contribution in [1.82, 2.24) is 0 Å². The van der Waals surface area contributed by atoms with Gasteiger partial charge < -0.3 is 5.11 Å². The minimum Gasteiger partial charge on any atom is -0.393 e. The zero-order chi connectivity index (χ0) is 7.28. The van der Waals surface area contributed by atoms with Crippen LogP contribution in [0, 0.1) is 0 Å². The molecule has 1 nitrogen and oxygen atoms in total. The highest BCUT2D eigenvalue weighted by atomic mass is 32.2. The van der Waals surface area contributed by atoms with Crippen LogP contribution >= 0.6 is 25.3 Å². The van der Waals surface area contributed by atoms with Crippen molar-refractivity contribution in [3.8, 4) is 0 Å². The first-order valence-electron chi connectivity index (χ1n) is 3.21. The highest BCUT2D eigenvalue weighted by molar-refractivity contribution is 7.99. The van der Waals surface area contributed by atoms with Crippen molar-refractivity contribution in [2.24, 2.45) is 0 Å². The van der Waals surface area contributed by atoms with E-state index >= 15 is 0 Å². The number of aliphatic hydroxyl groups is 1. The lowest BCUT2D eigenvalue weighted by Crippen LogP contribution is -2.09. The third-order valence-electron chi connectivity index (χ3n) is 1.10. The van der Waals surface area contributed by atoms with E-state index in [-0.39, 0.29) is 10.7 Å². The number of hydrogen-bond donors (Lipinski definition) is 3. The van der Waals surface area contributed by atoms with E-state index in [1.54, 1.807) is 0 Å². The molecule has 3 heteroatoms. The van der Waals surface area contributed by atoms with Gasteiger partial charge in [0.1, 0.15) is 0 Å². The molecule has 0 aliphatic heterocycles. The molecule has 1 N–H and O–H groups in total.